The van der Waals surface area contributed by atoms with Crippen LogP contribution in [0.5, 0.6) is 0 Å². The number of benzene rings is 2. The van der Waals surface area contributed by atoms with Crippen molar-refractivity contribution in [1.82, 2.24) is 25.1 Å². The molecule has 0 saturated carbocycles. The molecule has 0 aliphatic carbocycles. The fourth-order valence-electron chi connectivity index (χ4n) is 3.01. The number of para-hydroxylation sites is 2. The molecule has 0 aliphatic rings. The van der Waals surface area contributed by atoms with E-state index in [2.05, 4.69) is 20.5 Å². The van der Waals surface area contributed by atoms with Crippen molar-refractivity contribution >= 4 is 16.9 Å². The quantitative estimate of drug-likeness (QED) is 0.559. The van der Waals surface area contributed by atoms with E-state index in [0.29, 0.717) is 24.7 Å². The van der Waals surface area contributed by atoms with Crippen LogP contribution in [0, 0.1) is 6.92 Å². The Morgan fingerprint density at radius 2 is 1.89 bits per heavy atom. The molecule has 0 saturated heterocycles. The lowest BCUT2D eigenvalue weighted by atomic mass is 10.1. The topological polar surface area (TPSA) is 85.8 Å². The van der Waals surface area contributed by atoms with Crippen molar-refractivity contribution in [2.75, 3.05) is 0 Å². The number of nitrogens with zero attached hydrogens (tertiary/aromatic N) is 4. The summed E-state index contributed by atoms with van der Waals surface area (Å²) in [5.74, 6) is 1.65. The van der Waals surface area contributed by atoms with E-state index >= 15 is 0 Å². The Hall–Kier alpha value is -3.48. The van der Waals surface area contributed by atoms with Crippen LogP contribution in [0.25, 0.3) is 22.5 Å². The van der Waals surface area contributed by atoms with E-state index in [1.807, 2.05) is 67.1 Å². The van der Waals surface area contributed by atoms with Gasteiger partial charge in [-0.1, -0.05) is 29.8 Å². The van der Waals surface area contributed by atoms with Crippen molar-refractivity contribution in [2.24, 2.45) is 7.05 Å². The van der Waals surface area contributed by atoms with Gasteiger partial charge in [-0.3, -0.25) is 4.79 Å². The Labute approximate surface area is 162 Å². The molecular weight excluding hydrogens is 354 g/mol. The van der Waals surface area contributed by atoms with E-state index in [9.17, 15) is 4.79 Å². The summed E-state index contributed by atoms with van der Waals surface area (Å²) in [6.07, 6.45) is 0.673. The Morgan fingerprint density at radius 1 is 1.11 bits per heavy atom. The van der Waals surface area contributed by atoms with E-state index in [1.54, 1.807) is 0 Å². The summed E-state index contributed by atoms with van der Waals surface area (Å²) >= 11 is 0. The highest BCUT2D eigenvalue weighted by Gasteiger charge is 2.12. The third-order valence-electron chi connectivity index (χ3n) is 4.65. The second kappa shape index (κ2) is 7.64. The van der Waals surface area contributed by atoms with Crippen LogP contribution in [-0.2, 0) is 24.8 Å². The van der Waals surface area contributed by atoms with Crippen LogP contribution in [0.3, 0.4) is 0 Å². The molecule has 0 radical (unpaired) electrons. The molecule has 28 heavy (non-hydrogen) atoms. The maximum atomic E-state index is 12.2. The number of rotatable bonds is 6. The van der Waals surface area contributed by atoms with Crippen molar-refractivity contribution < 1.29 is 9.21 Å². The Morgan fingerprint density at radius 3 is 2.68 bits per heavy atom. The van der Waals surface area contributed by atoms with Gasteiger partial charge < -0.3 is 14.3 Å². The van der Waals surface area contributed by atoms with Crippen LogP contribution in [0.15, 0.2) is 52.9 Å². The number of carbonyl (C=O) groups excluding carboxylic acids is 1. The first-order valence-electron chi connectivity index (χ1n) is 9.16. The van der Waals surface area contributed by atoms with Crippen LogP contribution >= 0.6 is 0 Å². The summed E-state index contributed by atoms with van der Waals surface area (Å²) < 4.78 is 7.65. The molecule has 0 fully saturated rings. The second-order valence-corrected chi connectivity index (χ2v) is 6.72. The number of aromatic nitrogens is 4. The maximum Gasteiger partial charge on any atom is 0.247 e. The number of hydrogen-bond donors (Lipinski definition) is 1. The molecule has 0 unspecified atom stereocenters. The molecule has 142 valence electrons. The van der Waals surface area contributed by atoms with E-state index in [1.165, 1.54) is 5.56 Å². The molecule has 0 aliphatic heterocycles. The van der Waals surface area contributed by atoms with Gasteiger partial charge in [-0.15, -0.1) is 10.2 Å². The number of fused-ring (bicyclic) bond motifs is 1. The fraction of sp³-hybridized carbons (Fsp3) is 0.238. The standard InChI is InChI=1S/C21H21N5O2/c1-14-7-9-15(10-8-14)21-25-24-20(28-21)12-11-19(27)22-13-18-23-16-5-3-4-6-17(16)26(18)2/h3-10H,11-13H2,1-2H3,(H,22,27). The second-order valence-electron chi connectivity index (χ2n) is 6.72. The zero-order chi connectivity index (χ0) is 19.5. The number of amides is 1. The van der Waals surface area contributed by atoms with Gasteiger partial charge in [0.05, 0.1) is 17.6 Å². The summed E-state index contributed by atoms with van der Waals surface area (Å²) in [7, 11) is 1.95. The number of hydrogen-bond acceptors (Lipinski definition) is 5. The lowest BCUT2D eigenvalue weighted by Crippen LogP contribution is -2.24. The van der Waals surface area contributed by atoms with Gasteiger partial charge in [-0.25, -0.2) is 4.98 Å². The Bertz CT molecular complexity index is 1110. The largest absolute Gasteiger partial charge is 0.421 e. The number of nitrogens with one attached hydrogen (secondary N) is 1. The average Bonchev–Trinajstić information content (AvgIpc) is 3.30. The number of aryl methyl sites for hydroxylation is 3. The molecule has 0 bridgehead atoms. The molecule has 0 atom stereocenters. The monoisotopic (exact) mass is 375 g/mol. The third-order valence-corrected chi connectivity index (χ3v) is 4.65. The summed E-state index contributed by atoms with van der Waals surface area (Å²) in [5, 5.41) is 11.0. The van der Waals surface area contributed by atoms with Crippen LogP contribution in [0.2, 0.25) is 0 Å². The minimum absolute atomic E-state index is 0.0813. The van der Waals surface area contributed by atoms with Gasteiger partial charge in [0.1, 0.15) is 5.82 Å². The highest BCUT2D eigenvalue weighted by molar-refractivity contribution is 5.77. The summed E-state index contributed by atoms with van der Waals surface area (Å²) in [6, 6.07) is 15.8. The normalized spacial score (nSPS) is 11.1. The molecule has 2 aromatic heterocycles. The Kier molecular flexibility index (Phi) is 4.89. The third kappa shape index (κ3) is 3.78. The lowest BCUT2D eigenvalue weighted by Gasteiger charge is -2.04. The SMILES string of the molecule is Cc1ccc(-c2nnc(CCC(=O)NCc3nc4ccccc4n3C)o2)cc1. The van der Waals surface area contributed by atoms with Crippen molar-refractivity contribution in [3.63, 3.8) is 0 Å². The molecule has 2 heterocycles. The minimum Gasteiger partial charge on any atom is -0.421 e. The first kappa shape index (κ1) is 17.9. The van der Waals surface area contributed by atoms with E-state index in [-0.39, 0.29) is 12.3 Å². The van der Waals surface area contributed by atoms with Gasteiger partial charge in [0.2, 0.25) is 17.7 Å². The van der Waals surface area contributed by atoms with E-state index in [4.69, 9.17) is 4.42 Å². The highest BCUT2D eigenvalue weighted by atomic mass is 16.4. The van der Waals surface area contributed by atoms with Crippen molar-refractivity contribution in [2.45, 2.75) is 26.3 Å². The summed E-state index contributed by atoms with van der Waals surface area (Å²) in [5.41, 5.74) is 4.00. The zero-order valence-electron chi connectivity index (χ0n) is 15.8. The van der Waals surface area contributed by atoms with Crippen molar-refractivity contribution in [3.05, 3.63) is 65.8 Å². The van der Waals surface area contributed by atoms with E-state index in [0.717, 1.165) is 22.4 Å². The molecule has 4 rings (SSSR count). The Balaban J connectivity index is 1.32. The molecule has 1 amide bonds. The molecule has 7 heteroatoms. The van der Waals surface area contributed by atoms with Gasteiger partial charge in [-0.05, 0) is 31.2 Å². The van der Waals surface area contributed by atoms with Crippen LogP contribution < -0.4 is 5.32 Å². The predicted octanol–water partition coefficient (Wildman–Crippen LogP) is 3.18. The molecule has 0 spiro atoms. The van der Waals surface area contributed by atoms with Gasteiger partial charge in [0, 0.05) is 25.5 Å². The van der Waals surface area contributed by atoms with Crippen LogP contribution in [0.4, 0.5) is 0 Å². The van der Waals surface area contributed by atoms with Gasteiger partial charge in [-0.2, -0.15) is 0 Å². The lowest BCUT2D eigenvalue weighted by molar-refractivity contribution is -0.121. The zero-order valence-corrected chi connectivity index (χ0v) is 15.8. The van der Waals surface area contributed by atoms with Crippen molar-refractivity contribution in [1.29, 1.82) is 0 Å². The van der Waals surface area contributed by atoms with Crippen LogP contribution in [-0.4, -0.2) is 25.7 Å². The molecule has 7 nitrogen and oxygen atoms in total. The summed E-state index contributed by atoms with van der Waals surface area (Å²) in [4.78, 5) is 16.7. The number of carbonyl (C=O) groups is 1. The van der Waals surface area contributed by atoms with Gasteiger partial charge in [0.15, 0.2) is 0 Å². The first-order valence-corrected chi connectivity index (χ1v) is 9.16. The highest BCUT2D eigenvalue weighted by Crippen LogP contribution is 2.19. The van der Waals surface area contributed by atoms with Gasteiger partial charge in [0.25, 0.3) is 0 Å². The minimum atomic E-state index is -0.0813. The molecule has 2 aromatic carbocycles. The molecule has 1 N–H and O–H groups in total. The van der Waals surface area contributed by atoms with Crippen LogP contribution in [0.1, 0.15) is 23.7 Å². The maximum absolute atomic E-state index is 12.2. The molecular formula is C21H21N5O2. The molecule has 4 aromatic rings. The van der Waals surface area contributed by atoms with Crippen molar-refractivity contribution in [3.8, 4) is 11.5 Å². The summed E-state index contributed by atoms with van der Waals surface area (Å²) in [6.45, 7) is 2.40. The number of imidazole rings is 1. The predicted molar refractivity (Wildman–Crippen MR) is 105 cm³/mol. The average molecular weight is 375 g/mol. The smallest absolute Gasteiger partial charge is 0.247 e. The first-order chi connectivity index (χ1) is 13.6. The fourth-order valence-corrected chi connectivity index (χ4v) is 3.01. The van der Waals surface area contributed by atoms with Gasteiger partial charge >= 0.3 is 0 Å². The van der Waals surface area contributed by atoms with E-state index < -0.39 is 0 Å².